The van der Waals surface area contributed by atoms with Crippen LogP contribution < -0.4 is 20.1 Å². The van der Waals surface area contributed by atoms with Crippen LogP contribution in [0.4, 0.5) is 11.4 Å². The van der Waals surface area contributed by atoms with Crippen LogP contribution in [0.15, 0.2) is 47.4 Å². The largest absolute Gasteiger partial charge is 0.497 e. The van der Waals surface area contributed by atoms with E-state index in [1.807, 2.05) is 0 Å². The molecule has 0 aliphatic rings. The molecule has 194 valence electrons. The number of hydrogen-bond donors (Lipinski definition) is 3. The summed E-state index contributed by atoms with van der Waals surface area (Å²) in [7, 11) is 3.02. The van der Waals surface area contributed by atoms with Gasteiger partial charge in [0.15, 0.2) is 0 Å². The van der Waals surface area contributed by atoms with E-state index in [9.17, 15) is 19.5 Å². The van der Waals surface area contributed by atoms with Gasteiger partial charge in [0.1, 0.15) is 11.5 Å². The topological polar surface area (TPSA) is 114 Å². The SMILES string of the molecule is COc1ccc(OC)c(NC(=O)CSc2ccc(NC(=O)c3c(Cl)c(Cl)c(Cl)c(Cl)c3C(=O)O)cc2)c1. The predicted octanol–water partition coefficient (Wildman–Crippen LogP) is 7.00. The summed E-state index contributed by atoms with van der Waals surface area (Å²) < 4.78 is 10.4. The van der Waals surface area contributed by atoms with E-state index in [-0.39, 0.29) is 26.7 Å². The van der Waals surface area contributed by atoms with Crippen molar-refractivity contribution in [3.05, 3.63) is 73.7 Å². The Morgan fingerprint density at radius 2 is 1.46 bits per heavy atom. The van der Waals surface area contributed by atoms with Gasteiger partial charge in [-0.15, -0.1) is 11.8 Å². The summed E-state index contributed by atoms with van der Waals surface area (Å²) in [5, 5.41) is 13.6. The molecule has 3 rings (SSSR count). The molecular formula is C24H18Cl4N2O6S. The van der Waals surface area contributed by atoms with Crippen LogP contribution in [0.3, 0.4) is 0 Å². The van der Waals surface area contributed by atoms with Crippen LogP contribution in [0.2, 0.25) is 20.1 Å². The monoisotopic (exact) mass is 602 g/mol. The first-order valence-electron chi connectivity index (χ1n) is 10.2. The molecule has 13 heteroatoms. The lowest BCUT2D eigenvalue weighted by Crippen LogP contribution is -2.18. The Labute approximate surface area is 236 Å². The zero-order chi connectivity index (χ0) is 27.3. The molecule has 0 aromatic heterocycles. The van der Waals surface area contributed by atoms with Gasteiger partial charge in [-0.05, 0) is 36.4 Å². The van der Waals surface area contributed by atoms with Crippen molar-refractivity contribution in [3.8, 4) is 11.5 Å². The Kier molecular flexibility index (Phi) is 9.80. The summed E-state index contributed by atoms with van der Waals surface area (Å²) in [6.07, 6.45) is 0. The van der Waals surface area contributed by atoms with E-state index < -0.39 is 28.0 Å². The van der Waals surface area contributed by atoms with Crippen molar-refractivity contribution >= 4 is 87.3 Å². The summed E-state index contributed by atoms with van der Waals surface area (Å²) in [4.78, 5) is 37.7. The van der Waals surface area contributed by atoms with E-state index in [0.29, 0.717) is 22.9 Å². The fraction of sp³-hybridized carbons (Fsp3) is 0.125. The molecule has 0 saturated heterocycles. The highest BCUT2D eigenvalue weighted by molar-refractivity contribution is 8.00. The van der Waals surface area contributed by atoms with E-state index >= 15 is 0 Å². The van der Waals surface area contributed by atoms with Gasteiger partial charge < -0.3 is 25.2 Å². The number of thioether (sulfide) groups is 1. The molecule has 3 aromatic carbocycles. The summed E-state index contributed by atoms with van der Waals surface area (Å²) in [6.45, 7) is 0. The van der Waals surface area contributed by atoms with Gasteiger partial charge in [-0.1, -0.05) is 46.4 Å². The predicted molar refractivity (Wildman–Crippen MR) is 147 cm³/mol. The molecule has 0 aliphatic heterocycles. The standard InChI is InChI=1S/C24H18Cl4N2O6S/c1-35-12-5-8-15(36-2)14(9-12)30-16(31)10-37-13-6-3-11(4-7-13)29-23(32)17-18(24(33)34)20(26)22(28)21(27)19(17)25/h3-9H,10H2,1-2H3,(H,29,32)(H,30,31)(H,33,34). The smallest absolute Gasteiger partial charge is 0.338 e. The van der Waals surface area contributed by atoms with E-state index in [1.54, 1.807) is 42.5 Å². The number of amides is 2. The van der Waals surface area contributed by atoms with Crippen molar-refractivity contribution in [2.24, 2.45) is 0 Å². The summed E-state index contributed by atoms with van der Waals surface area (Å²) >= 11 is 25.3. The molecule has 0 saturated carbocycles. The van der Waals surface area contributed by atoms with Crippen molar-refractivity contribution in [1.29, 1.82) is 0 Å². The van der Waals surface area contributed by atoms with Crippen LogP contribution >= 0.6 is 58.2 Å². The minimum atomic E-state index is -1.49. The number of benzene rings is 3. The maximum absolute atomic E-state index is 12.9. The first-order valence-corrected chi connectivity index (χ1v) is 12.7. The molecule has 0 unspecified atom stereocenters. The second-order valence-corrected chi connectivity index (χ2v) is 9.75. The first-order chi connectivity index (χ1) is 17.6. The summed E-state index contributed by atoms with van der Waals surface area (Å²) in [6, 6.07) is 11.6. The van der Waals surface area contributed by atoms with Gasteiger partial charge in [0.25, 0.3) is 5.91 Å². The van der Waals surface area contributed by atoms with Gasteiger partial charge in [0.05, 0.1) is 56.9 Å². The van der Waals surface area contributed by atoms with Gasteiger partial charge in [-0.25, -0.2) is 4.79 Å². The molecule has 37 heavy (non-hydrogen) atoms. The molecule has 8 nitrogen and oxygen atoms in total. The zero-order valence-electron chi connectivity index (χ0n) is 19.2. The minimum Gasteiger partial charge on any atom is -0.497 e. The van der Waals surface area contributed by atoms with Gasteiger partial charge in [-0.3, -0.25) is 9.59 Å². The number of carbonyl (C=O) groups excluding carboxylic acids is 2. The number of hydrogen-bond acceptors (Lipinski definition) is 6. The number of anilines is 2. The number of rotatable bonds is 9. The summed E-state index contributed by atoms with van der Waals surface area (Å²) in [5.41, 5.74) is -0.164. The zero-order valence-corrected chi connectivity index (χ0v) is 23.0. The van der Waals surface area contributed by atoms with Crippen LogP contribution in [0.25, 0.3) is 0 Å². The maximum atomic E-state index is 12.9. The molecule has 3 N–H and O–H groups in total. The van der Waals surface area contributed by atoms with Crippen LogP contribution in [-0.2, 0) is 4.79 Å². The number of aromatic carboxylic acids is 1. The fourth-order valence-electron chi connectivity index (χ4n) is 3.12. The van der Waals surface area contributed by atoms with Crippen molar-refractivity contribution < 1.29 is 29.0 Å². The molecule has 0 heterocycles. The van der Waals surface area contributed by atoms with Crippen molar-refractivity contribution in [3.63, 3.8) is 0 Å². The van der Waals surface area contributed by atoms with E-state index in [4.69, 9.17) is 55.9 Å². The third-order valence-electron chi connectivity index (χ3n) is 4.87. The lowest BCUT2D eigenvalue weighted by atomic mass is 10.1. The molecular weight excluding hydrogens is 586 g/mol. The van der Waals surface area contributed by atoms with Gasteiger partial charge >= 0.3 is 5.97 Å². The third-order valence-corrected chi connectivity index (χ3v) is 7.68. The minimum absolute atomic E-state index is 0.103. The maximum Gasteiger partial charge on any atom is 0.338 e. The van der Waals surface area contributed by atoms with Crippen LogP contribution in [-0.4, -0.2) is 42.9 Å². The molecule has 0 spiro atoms. The highest BCUT2D eigenvalue weighted by atomic mass is 35.5. The fourth-order valence-corrected chi connectivity index (χ4v) is 4.84. The van der Waals surface area contributed by atoms with Gasteiger partial charge in [-0.2, -0.15) is 0 Å². The van der Waals surface area contributed by atoms with Crippen LogP contribution in [0, 0.1) is 0 Å². The number of ether oxygens (including phenoxy) is 2. The van der Waals surface area contributed by atoms with Crippen molar-refractivity contribution in [1.82, 2.24) is 0 Å². The van der Waals surface area contributed by atoms with Gasteiger partial charge in [0, 0.05) is 16.6 Å². The quantitative estimate of drug-likeness (QED) is 0.137. The molecule has 2 amide bonds. The average Bonchev–Trinajstić information content (AvgIpc) is 2.88. The Hall–Kier alpha value is -2.82. The number of carboxylic acids is 1. The molecule has 0 radical (unpaired) electrons. The van der Waals surface area contributed by atoms with E-state index in [0.717, 1.165) is 4.90 Å². The normalized spacial score (nSPS) is 10.5. The Morgan fingerprint density at radius 1 is 0.838 bits per heavy atom. The number of nitrogens with one attached hydrogen (secondary N) is 2. The van der Waals surface area contributed by atoms with E-state index in [1.165, 1.54) is 26.0 Å². The Balaban J connectivity index is 1.68. The van der Waals surface area contributed by atoms with E-state index in [2.05, 4.69) is 10.6 Å². The van der Waals surface area contributed by atoms with Crippen molar-refractivity contribution in [2.75, 3.05) is 30.6 Å². The first kappa shape index (κ1) is 28.7. The lowest BCUT2D eigenvalue weighted by molar-refractivity contribution is -0.113. The lowest BCUT2D eigenvalue weighted by Gasteiger charge is -2.14. The highest BCUT2D eigenvalue weighted by Gasteiger charge is 2.29. The molecule has 0 atom stereocenters. The highest BCUT2D eigenvalue weighted by Crippen LogP contribution is 2.42. The Bertz CT molecular complexity index is 1370. The third kappa shape index (κ3) is 6.74. The molecule has 0 bridgehead atoms. The number of methoxy groups -OCH3 is 2. The molecule has 0 fully saturated rings. The number of halogens is 4. The van der Waals surface area contributed by atoms with Crippen LogP contribution in [0.5, 0.6) is 11.5 Å². The molecule has 3 aromatic rings. The average molecular weight is 604 g/mol. The molecule has 0 aliphatic carbocycles. The second kappa shape index (κ2) is 12.6. The second-order valence-electron chi connectivity index (χ2n) is 7.19. The van der Waals surface area contributed by atoms with Crippen LogP contribution in [0.1, 0.15) is 20.7 Å². The van der Waals surface area contributed by atoms with Gasteiger partial charge in [0.2, 0.25) is 5.91 Å². The van der Waals surface area contributed by atoms with Crippen molar-refractivity contribution in [2.45, 2.75) is 4.90 Å². The summed E-state index contributed by atoms with van der Waals surface area (Å²) in [5.74, 6) is -1.43. The Morgan fingerprint density at radius 3 is 2.03 bits per heavy atom. The number of carbonyl (C=O) groups is 3. The number of carboxylic acid groups (broad SMARTS) is 1.